The number of hydrogen-bond donors (Lipinski definition) is 1. The van der Waals surface area contributed by atoms with E-state index in [1.54, 1.807) is 19.2 Å². The molecule has 3 aromatic rings. The summed E-state index contributed by atoms with van der Waals surface area (Å²) in [6, 6.07) is 13.5. The van der Waals surface area contributed by atoms with Crippen LogP contribution in [0, 0.1) is 0 Å². The highest BCUT2D eigenvalue weighted by molar-refractivity contribution is 7.89. The Kier molecular flexibility index (Phi) is 6.30. The van der Waals surface area contributed by atoms with Crippen molar-refractivity contribution in [2.24, 2.45) is 0 Å². The van der Waals surface area contributed by atoms with Crippen molar-refractivity contribution in [2.75, 3.05) is 25.5 Å². The fourth-order valence-corrected chi connectivity index (χ4v) is 5.65. The Balaban J connectivity index is 1.49. The van der Waals surface area contributed by atoms with Gasteiger partial charge in [-0.25, -0.2) is 8.42 Å². The Bertz CT molecular complexity index is 1170. The van der Waals surface area contributed by atoms with Gasteiger partial charge in [0.05, 0.1) is 12.0 Å². The third kappa shape index (κ3) is 4.76. The van der Waals surface area contributed by atoms with E-state index in [4.69, 9.17) is 4.74 Å². The van der Waals surface area contributed by atoms with E-state index in [2.05, 4.69) is 15.5 Å². The highest BCUT2D eigenvalue weighted by atomic mass is 32.2. The van der Waals surface area contributed by atoms with E-state index in [1.165, 1.54) is 27.8 Å². The van der Waals surface area contributed by atoms with E-state index < -0.39 is 15.9 Å². The molecular formula is C21H22N4O4S2. The molecule has 0 atom stereocenters. The largest absolute Gasteiger partial charge is 0.497 e. The van der Waals surface area contributed by atoms with Gasteiger partial charge in [0, 0.05) is 24.2 Å². The highest BCUT2D eigenvalue weighted by Crippen LogP contribution is 2.28. The number of piperidine rings is 1. The number of ether oxygens (including phenoxy) is 1. The van der Waals surface area contributed by atoms with E-state index in [-0.39, 0.29) is 10.5 Å². The Morgan fingerprint density at radius 1 is 1.06 bits per heavy atom. The van der Waals surface area contributed by atoms with E-state index >= 15 is 0 Å². The molecule has 162 valence electrons. The van der Waals surface area contributed by atoms with Gasteiger partial charge in [0.15, 0.2) is 0 Å². The van der Waals surface area contributed by atoms with E-state index in [9.17, 15) is 13.2 Å². The number of nitrogens with zero attached hydrogens (tertiary/aromatic N) is 3. The molecule has 0 saturated carbocycles. The lowest BCUT2D eigenvalue weighted by molar-refractivity contribution is 0.102. The predicted molar refractivity (Wildman–Crippen MR) is 119 cm³/mol. The third-order valence-corrected chi connectivity index (χ3v) is 7.81. The van der Waals surface area contributed by atoms with Gasteiger partial charge in [-0.2, -0.15) is 4.31 Å². The normalized spacial score (nSPS) is 14.9. The number of sulfonamides is 1. The minimum absolute atomic E-state index is 0.123. The van der Waals surface area contributed by atoms with Gasteiger partial charge in [0.1, 0.15) is 10.8 Å². The molecule has 4 rings (SSSR count). The summed E-state index contributed by atoms with van der Waals surface area (Å²) in [4.78, 5) is 12.8. The van der Waals surface area contributed by atoms with E-state index in [0.717, 1.165) is 30.6 Å². The van der Waals surface area contributed by atoms with Gasteiger partial charge in [-0.1, -0.05) is 23.8 Å². The van der Waals surface area contributed by atoms with Crippen LogP contribution in [0.5, 0.6) is 5.75 Å². The Morgan fingerprint density at radius 3 is 2.52 bits per heavy atom. The van der Waals surface area contributed by atoms with Crippen LogP contribution in [0.25, 0.3) is 10.6 Å². The summed E-state index contributed by atoms with van der Waals surface area (Å²) in [5.74, 6) is 0.300. The molecule has 0 unspecified atom stereocenters. The molecule has 31 heavy (non-hydrogen) atoms. The predicted octanol–water partition coefficient (Wildman–Crippen LogP) is 3.64. The van der Waals surface area contributed by atoms with Crippen molar-refractivity contribution >= 4 is 32.4 Å². The number of carbonyl (C=O) groups excluding carboxylic acids is 1. The second-order valence-corrected chi connectivity index (χ2v) is 10.0. The molecule has 2 aromatic carbocycles. The molecule has 1 aliphatic heterocycles. The maximum atomic E-state index is 12.9. The van der Waals surface area contributed by atoms with Gasteiger partial charge in [0.2, 0.25) is 15.2 Å². The first-order valence-electron chi connectivity index (χ1n) is 9.87. The van der Waals surface area contributed by atoms with Gasteiger partial charge in [-0.15, -0.1) is 10.2 Å². The first-order valence-corrected chi connectivity index (χ1v) is 12.1. The summed E-state index contributed by atoms with van der Waals surface area (Å²) < 4.78 is 32.4. The van der Waals surface area contributed by atoms with Crippen LogP contribution in [-0.4, -0.2) is 49.0 Å². The van der Waals surface area contributed by atoms with Gasteiger partial charge < -0.3 is 4.74 Å². The van der Waals surface area contributed by atoms with Crippen molar-refractivity contribution in [3.05, 3.63) is 54.1 Å². The second-order valence-electron chi connectivity index (χ2n) is 7.09. The van der Waals surface area contributed by atoms with Crippen molar-refractivity contribution in [1.82, 2.24) is 14.5 Å². The minimum atomic E-state index is -3.61. The van der Waals surface area contributed by atoms with Crippen LogP contribution in [0.2, 0.25) is 0 Å². The third-order valence-electron chi connectivity index (χ3n) is 5.03. The van der Waals surface area contributed by atoms with Crippen molar-refractivity contribution in [3.63, 3.8) is 0 Å². The molecule has 1 saturated heterocycles. The number of amides is 1. The molecule has 1 aliphatic rings. The lowest BCUT2D eigenvalue weighted by Crippen LogP contribution is -2.35. The van der Waals surface area contributed by atoms with Crippen molar-refractivity contribution < 1.29 is 17.9 Å². The maximum Gasteiger partial charge on any atom is 0.257 e. The summed E-state index contributed by atoms with van der Waals surface area (Å²) >= 11 is 1.23. The van der Waals surface area contributed by atoms with Crippen LogP contribution in [0.15, 0.2) is 53.4 Å². The fourth-order valence-electron chi connectivity index (χ4n) is 3.35. The number of rotatable bonds is 6. The molecule has 1 fully saturated rings. The fraction of sp³-hybridized carbons (Fsp3) is 0.286. The first-order chi connectivity index (χ1) is 15.0. The number of nitrogens with one attached hydrogen (secondary N) is 1. The molecular weight excluding hydrogens is 436 g/mol. The molecule has 1 N–H and O–H groups in total. The molecule has 1 aromatic heterocycles. The number of hydrogen-bond acceptors (Lipinski definition) is 7. The summed E-state index contributed by atoms with van der Waals surface area (Å²) in [6.07, 6.45) is 2.74. The lowest BCUT2D eigenvalue weighted by Gasteiger charge is -2.26. The Labute approximate surface area is 184 Å². The van der Waals surface area contributed by atoms with Gasteiger partial charge >= 0.3 is 0 Å². The molecule has 0 spiro atoms. The van der Waals surface area contributed by atoms with Crippen LogP contribution in [0.3, 0.4) is 0 Å². The second kappa shape index (κ2) is 9.13. The Morgan fingerprint density at radius 2 is 1.81 bits per heavy atom. The molecule has 8 nitrogen and oxygen atoms in total. The van der Waals surface area contributed by atoms with Crippen LogP contribution >= 0.6 is 11.3 Å². The summed E-state index contributed by atoms with van der Waals surface area (Å²) in [5.41, 5.74) is 1.10. The molecule has 0 radical (unpaired) electrons. The van der Waals surface area contributed by atoms with Gasteiger partial charge in [-0.05, 0) is 55.3 Å². The first kappa shape index (κ1) is 21.4. The SMILES string of the molecule is COc1ccc(-c2nnc(NC(=O)c3cccc(S(=O)(=O)N4CCCCC4)c3)s2)cc1. The summed E-state index contributed by atoms with van der Waals surface area (Å²) in [6.45, 7) is 1.02. The van der Waals surface area contributed by atoms with Crippen LogP contribution in [-0.2, 0) is 10.0 Å². The highest BCUT2D eigenvalue weighted by Gasteiger charge is 2.26. The smallest absolute Gasteiger partial charge is 0.257 e. The van der Waals surface area contributed by atoms with Gasteiger partial charge in [-0.3, -0.25) is 10.1 Å². The molecule has 2 heterocycles. The zero-order valence-corrected chi connectivity index (χ0v) is 18.6. The lowest BCUT2D eigenvalue weighted by atomic mass is 10.2. The quantitative estimate of drug-likeness (QED) is 0.605. The zero-order chi connectivity index (χ0) is 21.8. The maximum absolute atomic E-state index is 12.9. The molecule has 0 bridgehead atoms. The minimum Gasteiger partial charge on any atom is -0.497 e. The van der Waals surface area contributed by atoms with E-state index in [1.807, 2.05) is 24.3 Å². The number of carbonyl (C=O) groups is 1. The van der Waals surface area contributed by atoms with Crippen LogP contribution < -0.4 is 10.1 Å². The summed E-state index contributed by atoms with van der Waals surface area (Å²) in [7, 11) is -2.01. The zero-order valence-electron chi connectivity index (χ0n) is 16.9. The average Bonchev–Trinajstić information content (AvgIpc) is 3.28. The van der Waals surface area contributed by atoms with E-state index in [0.29, 0.717) is 23.2 Å². The van der Waals surface area contributed by atoms with Crippen molar-refractivity contribution in [3.8, 4) is 16.3 Å². The van der Waals surface area contributed by atoms with Crippen molar-refractivity contribution in [2.45, 2.75) is 24.2 Å². The molecule has 10 heteroatoms. The number of methoxy groups -OCH3 is 1. The standard InChI is InChI=1S/C21H22N4O4S2/c1-29-17-10-8-15(9-11-17)20-23-24-21(30-20)22-19(26)16-6-5-7-18(14-16)31(27,28)25-12-3-2-4-13-25/h5-11,14H,2-4,12-13H2,1H3,(H,22,24,26). The Hall–Kier alpha value is -2.82. The number of aromatic nitrogens is 2. The average molecular weight is 459 g/mol. The monoisotopic (exact) mass is 458 g/mol. The van der Waals surface area contributed by atoms with Crippen LogP contribution in [0.4, 0.5) is 5.13 Å². The number of anilines is 1. The van der Waals surface area contributed by atoms with Gasteiger partial charge in [0.25, 0.3) is 5.91 Å². The topological polar surface area (TPSA) is 101 Å². The molecule has 1 amide bonds. The van der Waals surface area contributed by atoms with Crippen LogP contribution in [0.1, 0.15) is 29.6 Å². The molecule has 0 aliphatic carbocycles. The van der Waals surface area contributed by atoms with Crippen molar-refractivity contribution in [1.29, 1.82) is 0 Å². The number of benzene rings is 2. The summed E-state index contributed by atoms with van der Waals surface area (Å²) in [5, 5.41) is 11.8.